The van der Waals surface area contributed by atoms with Crippen molar-refractivity contribution >= 4 is 39.5 Å². The minimum Gasteiger partial charge on any atom is -0.326 e. The molecule has 1 aliphatic rings. The van der Waals surface area contributed by atoms with Crippen molar-refractivity contribution in [2.45, 2.75) is 6.42 Å². The lowest BCUT2D eigenvalue weighted by Gasteiger charge is -2.17. The van der Waals surface area contributed by atoms with Crippen molar-refractivity contribution in [3.05, 3.63) is 72.1 Å². The first-order chi connectivity index (χ1) is 14.6. The van der Waals surface area contributed by atoms with Gasteiger partial charge in [-0.1, -0.05) is 24.3 Å². The number of imidazole rings is 1. The second kappa shape index (κ2) is 7.38. The molecule has 1 N–H and O–H groups in total. The third kappa shape index (κ3) is 3.35. The van der Waals surface area contributed by atoms with E-state index >= 15 is 0 Å². The molecule has 0 spiro atoms. The zero-order valence-corrected chi connectivity index (χ0v) is 16.6. The number of amides is 2. The first-order valence-electron chi connectivity index (χ1n) is 9.47. The number of hydrogen-bond acceptors (Lipinski definition) is 4. The lowest BCUT2D eigenvalue weighted by molar-refractivity contribution is -0.122. The SMILES string of the molecule is O=C(Nc1ccc(-c2cn3ccsc3n2)cc1)[C@@H]1CC(=O)N(c2ccccc2F)C1. The van der Waals surface area contributed by atoms with Crippen LogP contribution in [0.25, 0.3) is 16.2 Å². The summed E-state index contributed by atoms with van der Waals surface area (Å²) < 4.78 is 16.0. The first kappa shape index (κ1) is 18.5. The molecule has 0 saturated carbocycles. The van der Waals surface area contributed by atoms with Gasteiger partial charge in [0.25, 0.3) is 0 Å². The number of benzene rings is 2. The second-order valence-corrected chi connectivity index (χ2v) is 8.02. The van der Waals surface area contributed by atoms with E-state index in [1.54, 1.807) is 29.5 Å². The average molecular weight is 420 g/mol. The number of para-hydroxylation sites is 1. The second-order valence-electron chi connectivity index (χ2n) is 7.14. The predicted molar refractivity (Wildman–Crippen MR) is 114 cm³/mol. The van der Waals surface area contributed by atoms with Gasteiger partial charge in [-0.25, -0.2) is 9.37 Å². The highest BCUT2D eigenvalue weighted by molar-refractivity contribution is 7.15. The zero-order valence-electron chi connectivity index (χ0n) is 15.8. The Balaban J connectivity index is 1.27. The van der Waals surface area contributed by atoms with E-state index in [9.17, 15) is 14.0 Å². The fraction of sp³-hybridized carbons (Fsp3) is 0.136. The van der Waals surface area contributed by atoms with Gasteiger partial charge in [0.2, 0.25) is 11.8 Å². The van der Waals surface area contributed by atoms with Crippen LogP contribution in [0.1, 0.15) is 6.42 Å². The molecule has 2 amide bonds. The molecule has 1 fully saturated rings. The third-order valence-corrected chi connectivity index (χ3v) is 5.95. The molecule has 0 aliphatic carbocycles. The van der Waals surface area contributed by atoms with Crippen molar-refractivity contribution in [2.24, 2.45) is 5.92 Å². The average Bonchev–Trinajstić information content (AvgIpc) is 3.44. The van der Waals surface area contributed by atoms with E-state index in [1.807, 2.05) is 46.4 Å². The Bertz CT molecular complexity index is 1220. The maximum Gasteiger partial charge on any atom is 0.229 e. The molecule has 1 saturated heterocycles. The molecule has 150 valence electrons. The van der Waals surface area contributed by atoms with Crippen LogP contribution in [-0.4, -0.2) is 27.7 Å². The molecule has 5 rings (SSSR count). The Morgan fingerprint density at radius 1 is 1.17 bits per heavy atom. The number of nitrogens with one attached hydrogen (secondary N) is 1. The number of anilines is 2. The van der Waals surface area contributed by atoms with Gasteiger partial charge < -0.3 is 10.2 Å². The summed E-state index contributed by atoms with van der Waals surface area (Å²) in [5.74, 6) is -1.51. The zero-order chi connectivity index (χ0) is 20.7. The summed E-state index contributed by atoms with van der Waals surface area (Å²) in [6.45, 7) is 0.162. The highest BCUT2D eigenvalue weighted by atomic mass is 32.1. The Kier molecular flexibility index (Phi) is 4.55. The predicted octanol–water partition coefficient (Wildman–Crippen LogP) is 4.19. The van der Waals surface area contributed by atoms with E-state index in [1.165, 1.54) is 11.0 Å². The van der Waals surface area contributed by atoms with Crippen molar-refractivity contribution in [1.82, 2.24) is 9.38 Å². The Hall–Kier alpha value is -3.52. The molecule has 2 aromatic carbocycles. The number of hydrogen-bond donors (Lipinski definition) is 1. The topological polar surface area (TPSA) is 66.7 Å². The molecular formula is C22H17FN4O2S. The van der Waals surface area contributed by atoms with Crippen molar-refractivity contribution in [1.29, 1.82) is 0 Å². The molecule has 0 radical (unpaired) electrons. The summed E-state index contributed by atoms with van der Waals surface area (Å²) in [6.07, 6.45) is 3.98. The van der Waals surface area contributed by atoms with Gasteiger partial charge >= 0.3 is 0 Å². The normalized spacial score (nSPS) is 16.4. The van der Waals surface area contributed by atoms with Crippen LogP contribution >= 0.6 is 11.3 Å². The van der Waals surface area contributed by atoms with Crippen LogP contribution in [0.4, 0.5) is 15.8 Å². The summed E-state index contributed by atoms with van der Waals surface area (Å²) in [5, 5.41) is 4.83. The molecular weight excluding hydrogens is 403 g/mol. The van der Waals surface area contributed by atoms with Crippen LogP contribution in [-0.2, 0) is 9.59 Å². The summed E-state index contributed by atoms with van der Waals surface area (Å²) in [7, 11) is 0. The highest BCUT2D eigenvalue weighted by Gasteiger charge is 2.36. The monoisotopic (exact) mass is 420 g/mol. The lowest BCUT2D eigenvalue weighted by atomic mass is 10.1. The Labute approximate surface area is 175 Å². The largest absolute Gasteiger partial charge is 0.326 e. The summed E-state index contributed by atoms with van der Waals surface area (Å²) in [5.41, 5.74) is 2.66. The van der Waals surface area contributed by atoms with Crippen LogP contribution in [0.15, 0.2) is 66.3 Å². The fourth-order valence-electron chi connectivity index (χ4n) is 3.62. The first-order valence-corrected chi connectivity index (χ1v) is 10.3. The van der Waals surface area contributed by atoms with Gasteiger partial charge in [0.15, 0.2) is 4.96 Å². The van der Waals surface area contributed by atoms with Crippen LogP contribution < -0.4 is 10.2 Å². The molecule has 4 aromatic rings. The summed E-state index contributed by atoms with van der Waals surface area (Å²) in [6, 6.07) is 13.5. The standard InChI is InChI=1S/C22H17FN4O2S/c23-17-3-1-2-4-19(17)27-12-15(11-20(27)28)21(29)24-16-7-5-14(6-8-16)18-13-26-9-10-30-22(26)25-18/h1-10,13,15H,11-12H2,(H,24,29)/t15-/m1/s1. The lowest BCUT2D eigenvalue weighted by Crippen LogP contribution is -2.28. The van der Waals surface area contributed by atoms with E-state index in [0.29, 0.717) is 5.69 Å². The highest BCUT2D eigenvalue weighted by Crippen LogP contribution is 2.28. The van der Waals surface area contributed by atoms with Crippen molar-refractivity contribution in [3.8, 4) is 11.3 Å². The van der Waals surface area contributed by atoms with Gasteiger partial charge in [-0.2, -0.15) is 0 Å². The van der Waals surface area contributed by atoms with Crippen LogP contribution in [0, 0.1) is 11.7 Å². The smallest absolute Gasteiger partial charge is 0.229 e. The number of carbonyl (C=O) groups is 2. The molecule has 3 heterocycles. The number of rotatable bonds is 4. The van der Waals surface area contributed by atoms with Gasteiger partial charge in [0.05, 0.1) is 17.3 Å². The fourth-order valence-corrected chi connectivity index (χ4v) is 4.32. The number of nitrogens with zero attached hydrogens (tertiary/aromatic N) is 3. The van der Waals surface area contributed by atoms with Gasteiger partial charge in [-0.05, 0) is 24.3 Å². The molecule has 0 bridgehead atoms. The third-order valence-electron chi connectivity index (χ3n) is 5.18. The minimum atomic E-state index is -0.531. The molecule has 8 heteroatoms. The van der Waals surface area contributed by atoms with E-state index in [2.05, 4.69) is 10.3 Å². The maximum absolute atomic E-state index is 14.0. The quantitative estimate of drug-likeness (QED) is 0.538. The van der Waals surface area contributed by atoms with Crippen LogP contribution in [0.3, 0.4) is 0 Å². The summed E-state index contributed by atoms with van der Waals surface area (Å²) in [4.78, 5) is 31.8. The maximum atomic E-state index is 14.0. The molecule has 30 heavy (non-hydrogen) atoms. The van der Waals surface area contributed by atoms with E-state index in [-0.39, 0.29) is 30.5 Å². The van der Waals surface area contributed by atoms with E-state index in [4.69, 9.17) is 0 Å². The summed E-state index contributed by atoms with van der Waals surface area (Å²) >= 11 is 1.57. The minimum absolute atomic E-state index is 0.0592. The molecule has 1 atom stereocenters. The molecule has 2 aromatic heterocycles. The van der Waals surface area contributed by atoms with Gasteiger partial charge in [0.1, 0.15) is 5.82 Å². The van der Waals surface area contributed by atoms with Crippen molar-refractivity contribution in [3.63, 3.8) is 0 Å². The number of carbonyl (C=O) groups excluding carboxylic acids is 2. The molecule has 1 aliphatic heterocycles. The van der Waals surface area contributed by atoms with Crippen LogP contribution in [0.2, 0.25) is 0 Å². The van der Waals surface area contributed by atoms with Gasteiger partial charge in [0, 0.05) is 42.0 Å². The number of halogens is 1. The number of thiazole rings is 1. The Morgan fingerprint density at radius 2 is 1.97 bits per heavy atom. The van der Waals surface area contributed by atoms with Crippen molar-refractivity contribution in [2.75, 3.05) is 16.8 Å². The Morgan fingerprint density at radius 3 is 2.73 bits per heavy atom. The van der Waals surface area contributed by atoms with Crippen LogP contribution in [0.5, 0.6) is 0 Å². The molecule has 6 nitrogen and oxygen atoms in total. The van der Waals surface area contributed by atoms with Crippen molar-refractivity contribution < 1.29 is 14.0 Å². The number of fused-ring (bicyclic) bond motifs is 1. The van der Waals surface area contributed by atoms with Gasteiger partial charge in [-0.15, -0.1) is 11.3 Å². The van der Waals surface area contributed by atoms with E-state index in [0.717, 1.165) is 16.2 Å². The molecule has 0 unspecified atom stereocenters. The van der Waals surface area contributed by atoms with E-state index < -0.39 is 11.7 Å². The van der Waals surface area contributed by atoms with Gasteiger partial charge in [-0.3, -0.25) is 14.0 Å². The number of aromatic nitrogens is 2.